The molecule has 1 aliphatic rings. The van der Waals surface area contributed by atoms with Gasteiger partial charge in [0.1, 0.15) is 11.4 Å². The van der Waals surface area contributed by atoms with E-state index in [9.17, 15) is 14.9 Å². The van der Waals surface area contributed by atoms with Crippen LogP contribution in [-0.4, -0.2) is 43.6 Å². The van der Waals surface area contributed by atoms with Gasteiger partial charge in [-0.15, -0.1) is 11.3 Å². The Labute approximate surface area is 196 Å². The SMILES string of the molecule is Cc1nn(Cc2ccc(C(=O)Nc3nc(CN4CCCC(C)C4)cs3)cc2)c(C)c1[N+](=O)[O-]. The number of carbonyl (C=O) groups excluding carboxylic acids is 1. The summed E-state index contributed by atoms with van der Waals surface area (Å²) in [6, 6.07) is 7.16. The van der Waals surface area contributed by atoms with E-state index in [4.69, 9.17) is 0 Å². The number of nitrogens with one attached hydrogen (secondary N) is 1. The van der Waals surface area contributed by atoms with Gasteiger partial charge in [0.2, 0.25) is 0 Å². The van der Waals surface area contributed by atoms with Crippen LogP contribution >= 0.6 is 11.3 Å². The number of piperidine rings is 1. The molecule has 174 valence electrons. The van der Waals surface area contributed by atoms with Crippen molar-refractivity contribution in [3.8, 4) is 0 Å². The molecule has 1 aliphatic heterocycles. The molecule has 1 fully saturated rings. The lowest BCUT2D eigenvalue weighted by Crippen LogP contribution is -2.33. The monoisotopic (exact) mass is 468 g/mol. The summed E-state index contributed by atoms with van der Waals surface area (Å²) in [6.07, 6.45) is 2.51. The number of amides is 1. The topological polar surface area (TPSA) is 106 Å². The molecule has 3 aromatic rings. The fourth-order valence-electron chi connectivity index (χ4n) is 4.31. The highest BCUT2D eigenvalue weighted by molar-refractivity contribution is 7.14. The Hall–Kier alpha value is -3.11. The van der Waals surface area contributed by atoms with Crippen LogP contribution in [0.3, 0.4) is 0 Å². The first-order valence-electron chi connectivity index (χ1n) is 11.1. The average Bonchev–Trinajstić information content (AvgIpc) is 3.31. The maximum absolute atomic E-state index is 12.7. The van der Waals surface area contributed by atoms with Gasteiger partial charge in [-0.1, -0.05) is 19.1 Å². The average molecular weight is 469 g/mol. The number of rotatable bonds is 7. The van der Waals surface area contributed by atoms with Crippen molar-refractivity contribution in [3.63, 3.8) is 0 Å². The minimum Gasteiger partial charge on any atom is -0.298 e. The number of aromatic nitrogens is 3. The van der Waals surface area contributed by atoms with E-state index in [-0.39, 0.29) is 11.6 Å². The molecule has 9 nitrogen and oxygen atoms in total. The van der Waals surface area contributed by atoms with Crippen LogP contribution in [0.1, 0.15) is 52.8 Å². The molecule has 3 heterocycles. The van der Waals surface area contributed by atoms with E-state index < -0.39 is 4.92 Å². The summed E-state index contributed by atoms with van der Waals surface area (Å²) >= 11 is 1.44. The third-order valence-corrected chi connectivity index (χ3v) is 6.78. The molecular weight excluding hydrogens is 440 g/mol. The molecule has 10 heteroatoms. The van der Waals surface area contributed by atoms with Crippen LogP contribution in [0.25, 0.3) is 0 Å². The largest absolute Gasteiger partial charge is 0.312 e. The normalized spacial score (nSPS) is 16.6. The Balaban J connectivity index is 1.36. The van der Waals surface area contributed by atoms with Crippen LogP contribution in [0.15, 0.2) is 29.6 Å². The second kappa shape index (κ2) is 9.80. The summed E-state index contributed by atoms with van der Waals surface area (Å²) in [5.41, 5.74) is 3.37. The summed E-state index contributed by atoms with van der Waals surface area (Å²) in [6.45, 7) is 9.01. The Morgan fingerprint density at radius 2 is 2.03 bits per heavy atom. The number of hydrogen-bond donors (Lipinski definition) is 1. The van der Waals surface area contributed by atoms with Gasteiger partial charge in [0.15, 0.2) is 5.13 Å². The highest BCUT2D eigenvalue weighted by Gasteiger charge is 2.22. The number of carbonyl (C=O) groups is 1. The van der Waals surface area contributed by atoms with E-state index in [2.05, 4.69) is 27.2 Å². The number of hydrogen-bond acceptors (Lipinski definition) is 7. The van der Waals surface area contributed by atoms with Gasteiger partial charge in [-0.3, -0.25) is 29.8 Å². The number of nitro groups is 1. The molecule has 4 rings (SSSR count). The second-order valence-electron chi connectivity index (χ2n) is 8.71. The molecule has 0 saturated carbocycles. The highest BCUT2D eigenvalue weighted by atomic mass is 32.1. The zero-order valence-electron chi connectivity index (χ0n) is 19.1. The fraction of sp³-hybridized carbons (Fsp3) is 0.435. The van der Waals surface area contributed by atoms with Gasteiger partial charge in [-0.05, 0) is 56.8 Å². The number of anilines is 1. The zero-order chi connectivity index (χ0) is 23.5. The molecule has 1 atom stereocenters. The summed E-state index contributed by atoms with van der Waals surface area (Å²) in [5, 5.41) is 21.0. The Kier molecular flexibility index (Phi) is 6.85. The Morgan fingerprint density at radius 3 is 2.70 bits per heavy atom. The van der Waals surface area contributed by atoms with Crippen molar-refractivity contribution in [2.24, 2.45) is 5.92 Å². The first-order valence-corrected chi connectivity index (χ1v) is 11.9. The van der Waals surface area contributed by atoms with Crippen LogP contribution < -0.4 is 5.32 Å². The molecule has 0 bridgehead atoms. The fourth-order valence-corrected chi connectivity index (χ4v) is 5.00. The summed E-state index contributed by atoms with van der Waals surface area (Å²) < 4.78 is 1.61. The van der Waals surface area contributed by atoms with E-state index in [0.29, 0.717) is 28.6 Å². The number of thiazole rings is 1. The van der Waals surface area contributed by atoms with E-state index in [1.807, 2.05) is 17.5 Å². The molecule has 0 aliphatic carbocycles. The Morgan fingerprint density at radius 1 is 1.27 bits per heavy atom. The first-order chi connectivity index (χ1) is 15.8. The van der Waals surface area contributed by atoms with Gasteiger partial charge in [0.25, 0.3) is 5.91 Å². The van der Waals surface area contributed by atoms with Gasteiger partial charge in [-0.25, -0.2) is 4.98 Å². The Bertz CT molecular complexity index is 1150. The van der Waals surface area contributed by atoms with Crippen LogP contribution in [0.5, 0.6) is 0 Å². The molecular formula is C23H28N6O3S. The van der Waals surface area contributed by atoms with E-state index >= 15 is 0 Å². The van der Waals surface area contributed by atoms with Crippen molar-refractivity contribution < 1.29 is 9.72 Å². The summed E-state index contributed by atoms with van der Waals surface area (Å²) in [5.74, 6) is 0.506. The van der Waals surface area contributed by atoms with Crippen molar-refractivity contribution in [1.29, 1.82) is 0 Å². The lowest BCUT2D eigenvalue weighted by Gasteiger charge is -2.30. The zero-order valence-corrected chi connectivity index (χ0v) is 19.9. The third-order valence-electron chi connectivity index (χ3n) is 5.97. The van der Waals surface area contributed by atoms with Crippen LogP contribution in [-0.2, 0) is 13.1 Å². The van der Waals surface area contributed by atoms with E-state index in [0.717, 1.165) is 36.8 Å². The van der Waals surface area contributed by atoms with Crippen molar-refractivity contribution in [1.82, 2.24) is 19.7 Å². The molecule has 1 N–H and O–H groups in total. The van der Waals surface area contributed by atoms with Gasteiger partial charge in [-0.2, -0.15) is 5.10 Å². The maximum Gasteiger partial charge on any atom is 0.312 e. The minimum absolute atomic E-state index is 0.0450. The van der Waals surface area contributed by atoms with Crippen molar-refractivity contribution in [3.05, 3.63) is 68.0 Å². The third kappa shape index (κ3) is 5.45. The predicted octanol–water partition coefficient (Wildman–Crippen LogP) is 4.40. The smallest absolute Gasteiger partial charge is 0.298 e. The van der Waals surface area contributed by atoms with Gasteiger partial charge in [0, 0.05) is 24.0 Å². The van der Waals surface area contributed by atoms with Gasteiger partial charge < -0.3 is 0 Å². The highest BCUT2D eigenvalue weighted by Crippen LogP contribution is 2.23. The van der Waals surface area contributed by atoms with Crippen molar-refractivity contribution >= 4 is 28.1 Å². The quantitative estimate of drug-likeness (QED) is 0.407. The van der Waals surface area contributed by atoms with Crippen LogP contribution in [0, 0.1) is 29.9 Å². The number of nitrogens with zero attached hydrogens (tertiary/aromatic N) is 5. The summed E-state index contributed by atoms with van der Waals surface area (Å²) in [4.78, 5) is 30.4. The predicted molar refractivity (Wildman–Crippen MR) is 128 cm³/mol. The lowest BCUT2D eigenvalue weighted by atomic mass is 10.0. The van der Waals surface area contributed by atoms with Gasteiger partial charge >= 0.3 is 5.69 Å². The van der Waals surface area contributed by atoms with Crippen LogP contribution in [0.2, 0.25) is 0 Å². The maximum atomic E-state index is 12.7. The molecule has 0 spiro atoms. The summed E-state index contributed by atoms with van der Waals surface area (Å²) in [7, 11) is 0. The molecule has 33 heavy (non-hydrogen) atoms. The standard InChI is InChI=1S/C23H28N6O3S/c1-15-5-4-10-27(11-15)13-20-14-33-23(24-20)25-22(30)19-8-6-18(7-9-19)12-28-17(3)21(29(31)32)16(2)26-28/h6-9,14-15H,4-5,10-13H2,1-3H3,(H,24,25,30). The van der Waals surface area contributed by atoms with Gasteiger partial charge in [0.05, 0.1) is 17.2 Å². The number of likely N-dealkylation sites (tertiary alicyclic amines) is 1. The lowest BCUT2D eigenvalue weighted by molar-refractivity contribution is -0.386. The molecule has 1 amide bonds. The molecule has 0 radical (unpaired) electrons. The molecule has 1 unspecified atom stereocenters. The first kappa shape index (κ1) is 23.1. The molecule has 1 aromatic carbocycles. The number of benzene rings is 1. The van der Waals surface area contributed by atoms with E-state index in [1.165, 1.54) is 24.2 Å². The minimum atomic E-state index is -0.404. The molecule has 1 saturated heterocycles. The van der Waals surface area contributed by atoms with Crippen molar-refractivity contribution in [2.75, 3.05) is 18.4 Å². The van der Waals surface area contributed by atoms with Crippen LogP contribution in [0.4, 0.5) is 10.8 Å². The molecule has 2 aromatic heterocycles. The second-order valence-corrected chi connectivity index (χ2v) is 9.57. The van der Waals surface area contributed by atoms with Crippen molar-refractivity contribution in [2.45, 2.75) is 46.7 Å². The number of aryl methyl sites for hydroxylation is 1. The van der Waals surface area contributed by atoms with E-state index in [1.54, 1.807) is 30.7 Å².